The van der Waals surface area contributed by atoms with Gasteiger partial charge >= 0.3 is 0 Å². The van der Waals surface area contributed by atoms with E-state index in [1.165, 1.54) is 36.8 Å². The first-order chi connectivity index (χ1) is 20.1. The molecule has 5 heteroatoms. The summed E-state index contributed by atoms with van der Waals surface area (Å²) in [4.78, 5) is 0. The Morgan fingerprint density at radius 3 is 1.41 bits per heavy atom. The molecule has 0 bridgehead atoms. The molecule has 230 valence electrons. The minimum absolute atomic E-state index is 0.154. The zero-order chi connectivity index (χ0) is 29.1. The Balaban J connectivity index is 1.17. The van der Waals surface area contributed by atoms with Gasteiger partial charge in [-0.25, -0.2) is 0 Å². The maximum Gasteiger partial charge on any atom is 0.119 e. The van der Waals surface area contributed by atoms with Crippen LogP contribution in [0.15, 0.2) is 48.5 Å². The van der Waals surface area contributed by atoms with Crippen LogP contribution < -0.4 is 9.47 Å². The molecule has 1 fully saturated rings. The Morgan fingerprint density at radius 1 is 0.610 bits per heavy atom. The van der Waals surface area contributed by atoms with Gasteiger partial charge in [0.1, 0.15) is 11.5 Å². The van der Waals surface area contributed by atoms with Gasteiger partial charge in [0.2, 0.25) is 0 Å². The van der Waals surface area contributed by atoms with Gasteiger partial charge in [-0.3, -0.25) is 0 Å². The molecule has 1 heterocycles. The average Bonchev–Trinajstić information content (AvgIpc) is 3.50. The highest BCUT2D eigenvalue weighted by molar-refractivity contribution is 5.28. The molecule has 41 heavy (non-hydrogen) atoms. The number of hydrogen-bond donors (Lipinski definition) is 2. The van der Waals surface area contributed by atoms with Crippen molar-refractivity contribution in [3.63, 3.8) is 0 Å². The fourth-order valence-corrected chi connectivity index (χ4v) is 5.54. The standard InChI is InChI=1S/C36H56O5/c1-3-5-13-29-17-21-31(22-18-29)39-27-11-7-9-15-33(37)35-25-26-36(41-35)34(38)16-10-8-12-28-40-32-23-19-30(20-24-32)14-6-4-2/h17-24,33-38H,3-16,25-28H2,1-2H3/t33-,34-,35-,36+/m1/s1. The zero-order valence-corrected chi connectivity index (χ0v) is 25.8. The third-order valence-electron chi connectivity index (χ3n) is 8.25. The molecule has 0 radical (unpaired) electrons. The van der Waals surface area contributed by atoms with Crippen molar-refractivity contribution in [1.29, 1.82) is 0 Å². The molecular formula is C36H56O5. The quantitative estimate of drug-likeness (QED) is 0.140. The van der Waals surface area contributed by atoms with Gasteiger partial charge in [0.05, 0.1) is 37.6 Å². The van der Waals surface area contributed by atoms with Gasteiger partial charge in [-0.05, 0) is 112 Å². The summed E-state index contributed by atoms with van der Waals surface area (Å²) in [5.41, 5.74) is 2.75. The van der Waals surface area contributed by atoms with Crippen LogP contribution in [0, 0.1) is 0 Å². The number of rotatable bonds is 22. The lowest BCUT2D eigenvalue weighted by Gasteiger charge is -2.22. The summed E-state index contributed by atoms with van der Waals surface area (Å²) in [6.45, 7) is 5.84. The highest BCUT2D eigenvalue weighted by atomic mass is 16.5. The number of aliphatic hydroxyl groups excluding tert-OH is 2. The molecule has 0 spiro atoms. The normalized spacial score (nSPS) is 18.3. The largest absolute Gasteiger partial charge is 0.494 e. The van der Waals surface area contributed by atoms with Crippen LogP contribution in [0.3, 0.4) is 0 Å². The first kappa shape index (κ1) is 33.4. The van der Waals surface area contributed by atoms with Crippen LogP contribution in [0.4, 0.5) is 0 Å². The average molecular weight is 569 g/mol. The van der Waals surface area contributed by atoms with E-state index in [-0.39, 0.29) is 12.2 Å². The van der Waals surface area contributed by atoms with Crippen LogP contribution in [0.5, 0.6) is 11.5 Å². The number of benzene rings is 2. The number of hydrogen-bond acceptors (Lipinski definition) is 5. The molecule has 1 aliphatic rings. The highest BCUT2D eigenvalue weighted by Crippen LogP contribution is 2.28. The summed E-state index contributed by atoms with van der Waals surface area (Å²) in [6.07, 6.45) is 15.0. The Kier molecular flexibility index (Phi) is 16.3. The van der Waals surface area contributed by atoms with Crippen molar-refractivity contribution < 1.29 is 24.4 Å². The van der Waals surface area contributed by atoms with Crippen molar-refractivity contribution in [2.24, 2.45) is 0 Å². The molecule has 1 saturated heterocycles. The zero-order valence-electron chi connectivity index (χ0n) is 25.8. The summed E-state index contributed by atoms with van der Waals surface area (Å²) in [7, 11) is 0. The summed E-state index contributed by atoms with van der Waals surface area (Å²) in [5.74, 6) is 1.87. The molecule has 2 aromatic carbocycles. The molecule has 0 amide bonds. The molecular weight excluding hydrogens is 512 g/mol. The summed E-state index contributed by atoms with van der Waals surface area (Å²) in [5, 5.41) is 21.3. The van der Waals surface area contributed by atoms with Crippen LogP contribution in [-0.4, -0.2) is 47.8 Å². The fraction of sp³-hybridized carbons (Fsp3) is 0.667. The van der Waals surface area contributed by atoms with Crippen molar-refractivity contribution in [1.82, 2.24) is 0 Å². The number of aryl methyl sites for hydroxylation is 2. The monoisotopic (exact) mass is 568 g/mol. The maximum atomic E-state index is 10.6. The number of ether oxygens (including phenoxy) is 3. The van der Waals surface area contributed by atoms with E-state index in [4.69, 9.17) is 14.2 Å². The number of unbranched alkanes of at least 4 members (excludes halogenated alkanes) is 6. The highest BCUT2D eigenvalue weighted by Gasteiger charge is 2.33. The van der Waals surface area contributed by atoms with Gasteiger partial charge in [0, 0.05) is 0 Å². The lowest BCUT2D eigenvalue weighted by Crippen LogP contribution is -2.31. The molecule has 1 aliphatic heterocycles. The lowest BCUT2D eigenvalue weighted by molar-refractivity contribution is -0.0786. The van der Waals surface area contributed by atoms with Gasteiger partial charge in [0.15, 0.2) is 0 Å². The first-order valence-corrected chi connectivity index (χ1v) is 16.5. The second-order valence-corrected chi connectivity index (χ2v) is 11.8. The van der Waals surface area contributed by atoms with Crippen molar-refractivity contribution in [3.8, 4) is 11.5 Å². The van der Waals surface area contributed by atoms with E-state index in [9.17, 15) is 10.2 Å². The molecule has 0 aliphatic carbocycles. The Labute approximate surface area is 249 Å². The minimum Gasteiger partial charge on any atom is -0.494 e. The molecule has 0 unspecified atom stereocenters. The molecule has 5 nitrogen and oxygen atoms in total. The van der Waals surface area contributed by atoms with Gasteiger partial charge in [-0.2, -0.15) is 0 Å². The SMILES string of the molecule is CCCCc1ccc(OCCCCC[C@@H](O)[C@@H]2CC[C@H]([C@H](O)CCCCCOc3ccc(CCCC)cc3)O2)cc1. The predicted octanol–water partition coefficient (Wildman–Crippen LogP) is 8.22. The summed E-state index contributed by atoms with van der Waals surface area (Å²) < 4.78 is 17.8. The smallest absolute Gasteiger partial charge is 0.119 e. The third-order valence-corrected chi connectivity index (χ3v) is 8.25. The van der Waals surface area contributed by atoms with Crippen molar-refractivity contribution in [3.05, 3.63) is 59.7 Å². The molecule has 3 rings (SSSR count). The van der Waals surface area contributed by atoms with Gasteiger partial charge in [-0.1, -0.05) is 63.8 Å². The van der Waals surface area contributed by atoms with E-state index >= 15 is 0 Å². The van der Waals surface area contributed by atoms with E-state index in [2.05, 4.69) is 62.4 Å². The molecule has 4 atom stereocenters. The van der Waals surface area contributed by atoms with E-state index in [1.54, 1.807) is 0 Å². The molecule has 0 aromatic heterocycles. The maximum absolute atomic E-state index is 10.6. The Bertz CT molecular complexity index is 837. The Hall–Kier alpha value is -2.08. The van der Waals surface area contributed by atoms with Crippen LogP contribution in [-0.2, 0) is 17.6 Å². The summed E-state index contributed by atoms with van der Waals surface area (Å²) >= 11 is 0. The topological polar surface area (TPSA) is 68.2 Å². The van der Waals surface area contributed by atoms with Crippen molar-refractivity contribution in [2.45, 2.75) is 141 Å². The van der Waals surface area contributed by atoms with Gasteiger partial charge in [-0.15, -0.1) is 0 Å². The second kappa shape index (κ2) is 19.9. The third kappa shape index (κ3) is 13.2. The Morgan fingerprint density at radius 2 is 1.02 bits per heavy atom. The van der Waals surface area contributed by atoms with E-state index in [1.807, 2.05) is 0 Å². The van der Waals surface area contributed by atoms with Crippen LogP contribution in [0.2, 0.25) is 0 Å². The van der Waals surface area contributed by atoms with Crippen LogP contribution in [0.25, 0.3) is 0 Å². The van der Waals surface area contributed by atoms with Crippen molar-refractivity contribution >= 4 is 0 Å². The van der Waals surface area contributed by atoms with Crippen LogP contribution in [0.1, 0.15) is 115 Å². The summed E-state index contributed by atoms with van der Waals surface area (Å²) in [6, 6.07) is 16.9. The van der Waals surface area contributed by atoms with Gasteiger partial charge < -0.3 is 24.4 Å². The predicted molar refractivity (Wildman–Crippen MR) is 168 cm³/mol. The fourth-order valence-electron chi connectivity index (χ4n) is 5.54. The van der Waals surface area contributed by atoms with Crippen LogP contribution >= 0.6 is 0 Å². The van der Waals surface area contributed by atoms with E-state index < -0.39 is 12.2 Å². The molecule has 2 aromatic rings. The minimum atomic E-state index is -0.457. The number of aliphatic hydroxyl groups is 2. The lowest BCUT2D eigenvalue weighted by atomic mass is 10.0. The van der Waals surface area contributed by atoms with E-state index in [0.29, 0.717) is 13.2 Å². The molecule has 2 N–H and O–H groups in total. The second-order valence-electron chi connectivity index (χ2n) is 11.8. The first-order valence-electron chi connectivity index (χ1n) is 16.5. The van der Waals surface area contributed by atoms with E-state index in [0.717, 1.165) is 88.5 Å². The molecule has 0 saturated carbocycles. The van der Waals surface area contributed by atoms with Crippen molar-refractivity contribution in [2.75, 3.05) is 13.2 Å². The van der Waals surface area contributed by atoms with Gasteiger partial charge in [0.25, 0.3) is 0 Å².